The van der Waals surface area contributed by atoms with Crippen LogP contribution in [0.15, 0.2) is 48.5 Å². The van der Waals surface area contributed by atoms with Gasteiger partial charge in [0.05, 0.1) is 12.2 Å². The summed E-state index contributed by atoms with van der Waals surface area (Å²) in [5, 5.41) is 0. The van der Waals surface area contributed by atoms with Crippen LogP contribution in [0.5, 0.6) is 11.5 Å². The maximum absolute atomic E-state index is 12.6. The fourth-order valence-corrected chi connectivity index (χ4v) is 5.69. The molecule has 0 spiro atoms. The highest BCUT2D eigenvalue weighted by Crippen LogP contribution is 2.34. The van der Waals surface area contributed by atoms with Crippen molar-refractivity contribution in [3.05, 3.63) is 59.7 Å². The van der Waals surface area contributed by atoms with Crippen LogP contribution in [0, 0.1) is 11.8 Å². The zero-order chi connectivity index (χ0) is 26.8. The third kappa shape index (κ3) is 11.6. The van der Waals surface area contributed by atoms with Gasteiger partial charge >= 0.3 is 5.97 Å². The summed E-state index contributed by atoms with van der Waals surface area (Å²) in [6.07, 6.45) is 22.5. The minimum atomic E-state index is -0.327. The minimum absolute atomic E-state index is 0.327. The Morgan fingerprint density at radius 3 is 1.87 bits per heavy atom. The number of aryl methyl sites for hydroxylation is 1. The van der Waals surface area contributed by atoms with Gasteiger partial charge in [0.25, 0.3) is 0 Å². The smallest absolute Gasteiger partial charge is 0.343 e. The van der Waals surface area contributed by atoms with Crippen molar-refractivity contribution < 1.29 is 14.3 Å². The van der Waals surface area contributed by atoms with Crippen molar-refractivity contribution in [3.63, 3.8) is 0 Å². The Morgan fingerprint density at radius 2 is 1.21 bits per heavy atom. The summed E-state index contributed by atoms with van der Waals surface area (Å²) < 4.78 is 11.5. The molecule has 0 saturated heterocycles. The van der Waals surface area contributed by atoms with Gasteiger partial charge in [-0.3, -0.25) is 0 Å². The van der Waals surface area contributed by atoms with Crippen LogP contribution in [0.2, 0.25) is 0 Å². The molecule has 0 N–H and O–H groups in total. The lowest BCUT2D eigenvalue weighted by Gasteiger charge is -2.28. The third-order valence-electron chi connectivity index (χ3n) is 8.26. The van der Waals surface area contributed by atoms with E-state index in [2.05, 4.69) is 26.0 Å². The Balaban J connectivity index is 1.31. The Labute approximate surface area is 232 Å². The highest BCUT2D eigenvalue weighted by Gasteiger charge is 2.20. The van der Waals surface area contributed by atoms with Gasteiger partial charge in [0.2, 0.25) is 0 Å². The largest absolute Gasteiger partial charge is 0.494 e. The molecule has 210 valence electrons. The maximum Gasteiger partial charge on any atom is 0.343 e. The number of esters is 1. The summed E-state index contributed by atoms with van der Waals surface area (Å²) in [7, 11) is 0. The van der Waals surface area contributed by atoms with Gasteiger partial charge in [-0.15, -0.1) is 0 Å². The number of ether oxygens (including phenoxy) is 2. The predicted octanol–water partition coefficient (Wildman–Crippen LogP) is 10.4. The molecule has 1 fully saturated rings. The minimum Gasteiger partial charge on any atom is -0.494 e. The van der Waals surface area contributed by atoms with Crippen LogP contribution in [0.1, 0.15) is 133 Å². The maximum atomic E-state index is 12.6. The van der Waals surface area contributed by atoms with Gasteiger partial charge in [0.1, 0.15) is 11.5 Å². The molecule has 3 nitrogen and oxygen atoms in total. The first-order valence-corrected chi connectivity index (χ1v) is 15.7. The number of hydrogen-bond donors (Lipinski definition) is 0. The number of rotatable bonds is 18. The Bertz CT molecular complexity index is 878. The topological polar surface area (TPSA) is 35.5 Å². The first-order chi connectivity index (χ1) is 18.7. The Morgan fingerprint density at radius 1 is 0.658 bits per heavy atom. The molecule has 3 heteroatoms. The van der Waals surface area contributed by atoms with Gasteiger partial charge in [0.15, 0.2) is 0 Å². The van der Waals surface area contributed by atoms with Crippen LogP contribution in [-0.4, -0.2) is 12.6 Å². The molecule has 2 aromatic rings. The van der Waals surface area contributed by atoms with E-state index in [0.717, 1.165) is 37.0 Å². The van der Waals surface area contributed by atoms with Crippen LogP contribution in [0.25, 0.3) is 0 Å². The number of carbonyl (C=O) groups excluding carboxylic acids is 1. The van der Waals surface area contributed by atoms with Crippen molar-refractivity contribution in [2.75, 3.05) is 6.61 Å². The van der Waals surface area contributed by atoms with Crippen molar-refractivity contribution in [3.8, 4) is 11.5 Å². The van der Waals surface area contributed by atoms with E-state index in [0.29, 0.717) is 11.3 Å². The van der Waals surface area contributed by atoms with Crippen molar-refractivity contribution in [1.29, 1.82) is 0 Å². The van der Waals surface area contributed by atoms with E-state index in [9.17, 15) is 4.79 Å². The second kappa shape index (κ2) is 18.1. The highest BCUT2D eigenvalue weighted by molar-refractivity contribution is 5.91. The van der Waals surface area contributed by atoms with E-state index in [1.165, 1.54) is 102 Å². The zero-order valence-electron chi connectivity index (χ0n) is 24.2. The molecule has 0 aliphatic heterocycles. The Kier molecular flexibility index (Phi) is 14.4. The van der Waals surface area contributed by atoms with Crippen LogP contribution in [0.3, 0.4) is 0 Å². The molecular weight excluding hydrogens is 468 g/mol. The molecule has 3 rings (SSSR count). The average molecular weight is 521 g/mol. The van der Waals surface area contributed by atoms with Gasteiger partial charge in [-0.05, 0) is 73.1 Å². The third-order valence-corrected chi connectivity index (χ3v) is 8.26. The normalized spacial score (nSPS) is 17.3. The molecule has 2 aromatic carbocycles. The van der Waals surface area contributed by atoms with E-state index in [1.807, 2.05) is 24.3 Å². The molecule has 0 atom stereocenters. The van der Waals surface area contributed by atoms with E-state index in [-0.39, 0.29) is 5.97 Å². The fourth-order valence-electron chi connectivity index (χ4n) is 5.69. The predicted molar refractivity (Wildman–Crippen MR) is 159 cm³/mol. The summed E-state index contributed by atoms with van der Waals surface area (Å²) in [6.45, 7) is 5.27. The number of hydrogen-bond acceptors (Lipinski definition) is 3. The van der Waals surface area contributed by atoms with Crippen molar-refractivity contribution >= 4 is 5.97 Å². The number of carbonyl (C=O) groups is 1. The fraction of sp³-hybridized carbons (Fsp3) is 0.629. The zero-order valence-corrected chi connectivity index (χ0v) is 24.2. The first kappa shape index (κ1) is 30.3. The second-order valence-corrected chi connectivity index (χ2v) is 11.4. The molecular formula is C35H52O3. The van der Waals surface area contributed by atoms with Gasteiger partial charge < -0.3 is 9.47 Å². The summed E-state index contributed by atoms with van der Waals surface area (Å²) in [5.74, 6) is 2.93. The lowest BCUT2D eigenvalue weighted by Crippen LogP contribution is -2.15. The summed E-state index contributed by atoms with van der Waals surface area (Å²) >= 11 is 0. The molecule has 0 bridgehead atoms. The van der Waals surface area contributed by atoms with Crippen LogP contribution in [-0.2, 0) is 6.42 Å². The first-order valence-electron chi connectivity index (χ1n) is 15.7. The molecule has 0 heterocycles. The van der Waals surface area contributed by atoms with Crippen LogP contribution in [0.4, 0.5) is 0 Å². The van der Waals surface area contributed by atoms with E-state index in [1.54, 1.807) is 12.1 Å². The molecule has 0 aromatic heterocycles. The lowest BCUT2D eigenvalue weighted by atomic mass is 9.78. The quantitative estimate of drug-likeness (QED) is 0.111. The Hall–Kier alpha value is -2.29. The molecule has 0 radical (unpaired) electrons. The number of unbranched alkanes of at least 4 members (excludes halogenated alkanes) is 8. The molecule has 1 aliphatic carbocycles. The molecule has 38 heavy (non-hydrogen) atoms. The van der Waals surface area contributed by atoms with E-state index >= 15 is 0 Å². The van der Waals surface area contributed by atoms with Crippen LogP contribution >= 0.6 is 0 Å². The second-order valence-electron chi connectivity index (χ2n) is 11.4. The lowest BCUT2D eigenvalue weighted by molar-refractivity contribution is 0.0734. The van der Waals surface area contributed by atoms with Crippen molar-refractivity contribution in [2.45, 2.75) is 123 Å². The summed E-state index contributed by atoms with van der Waals surface area (Å²) in [4.78, 5) is 12.6. The molecule has 1 saturated carbocycles. The molecule has 0 amide bonds. The van der Waals surface area contributed by atoms with Crippen molar-refractivity contribution in [1.82, 2.24) is 0 Å². The van der Waals surface area contributed by atoms with Crippen LogP contribution < -0.4 is 9.47 Å². The molecule has 0 unspecified atom stereocenters. The van der Waals surface area contributed by atoms with Gasteiger partial charge in [-0.25, -0.2) is 4.79 Å². The average Bonchev–Trinajstić information content (AvgIpc) is 2.95. The monoisotopic (exact) mass is 520 g/mol. The van der Waals surface area contributed by atoms with Gasteiger partial charge in [0, 0.05) is 0 Å². The molecule has 1 aliphatic rings. The standard InChI is InChI=1S/C35H52O3/c1-3-5-7-8-9-10-12-28-37-33-26-22-32(23-27-33)35(36)38-34-24-20-31(21-25-34)19-18-30-16-14-29(15-17-30)13-11-6-4-2/h20-27,29-30H,3-19,28H2,1-2H3. The van der Waals surface area contributed by atoms with E-state index < -0.39 is 0 Å². The summed E-state index contributed by atoms with van der Waals surface area (Å²) in [6, 6.07) is 15.4. The van der Waals surface area contributed by atoms with Crippen molar-refractivity contribution in [2.24, 2.45) is 11.8 Å². The van der Waals surface area contributed by atoms with Gasteiger partial charge in [-0.2, -0.15) is 0 Å². The SMILES string of the molecule is CCCCCCCCCOc1ccc(C(=O)Oc2ccc(CCC3CCC(CCCCC)CC3)cc2)cc1. The number of benzene rings is 2. The van der Waals surface area contributed by atoms with E-state index in [4.69, 9.17) is 9.47 Å². The highest BCUT2D eigenvalue weighted by atomic mass is 16.5. The van der Waals surface area contributed by atoms with Gasteiger partial charge in [-0.1, -0.05) is 116 Å². The summed E-state index contributed by atoms with van der Waals surface area (Å²) in [5.41, 5.74) is 1.87.